The van der Waals surface area contributed by atoms with Crippen LogP contribution in [-0.4, -0.2) is 30.1 Å². The van der Waals surface area contributed by atoms with E-state index < -0.39 is 17.2 Å². The van der Waals surface area contributed by atoms with Crippen molar-refractivity contribution in [1.82, 2.24) is 0 Å². The maximum atomic E-state index is 11.8. The Labute approximate surface area is 92.8 Å². The molecule has 0 aliphatic carbocycles. The Balaban J connectivity index is 2.44. The van der Waals surface area contributed by atoms with Gasteiger partial charge in [0.2, 0.25) is 0 Å². The van der Waals surface area contributed by atoms with Crippen molar-refractivity contribution in [1.29, 1.82) is 0 Å². The van der Waals surface area contributed by atoms with Gasteiger partial charge < -0.3 is 9.84 Å². The third-order valence-corrected chi connectivity index (χ3v) is 2.98. The van der Waals surface area contributed by atoms with Crippen LogP contribution in [-0.2, 0) is 19.7 Å². The molecule has 1 N–H and O–H groups in total. The van der Waals surface area contributed by atoms with Crippen LogP contribution >= 0.6 is 0 Å². The molecule has 0 aromatic heterocycles. The molecule has 2 rings (SSSR count). The predicted molar refractivity (Wildman–Crippen MR) is 56.2 cm³/mol. The van der Waals surface area contributed by atoms with E-state index in [1.165, 1.54) is 0 Å². The molecule has 4 nitrogen and oxygen atoms in total. The van der Waals surface area contributed by atoms with E-state index in [1.807, 2.05) is 6.07 Å². The molecule has 1 atom stereocenters. The molecule has 0 amide bonds. The summed E-state index contributed by atoms with van der Waals surface area (Å²) < 4.78 is 5.20. The van der Waals surface area contributed by atoms with Crippen LogP contribution in [0.5, 0.6) is 0 Å². The van der Waals surface area contributed by atoms with Crippen molar-refractivity contribution in [2.45, 2.75) is 11.8 Å². The van der Waals surface area contributed by atoms with Crippen LogP contribution in [0.1, 0.15) is 12.0 Å². The number of carbonyl (C=O) groups excluding carboxylic acids is 1. The van der Waals surface area contributed by atoms with E-state index in [0.29, 0.717) is 13.0 Å². The summed E-state index contributed by atoms with van der Waals surface area (Å²) in [4.78, 5) is 22.6. The van der Waals surface area contributed by atoms with Crippen molar-refractivity contribution in [3.8, 4) is 0 Å². The van der Waals surface area contributed by atoms with Crippen molar-refractivity contribution >= 4 is 11.8 Å². The predicted octanol–water partition coefficient (Wildman–Crippen LogP) is 0.998. The van der Waals surface area contributed by atoms with E-state index in [2.05, 4.69) is 0 Å². The molecule has 0 radical (unpaired) electrons. The Morgan fingerprint density at radius 2 is 1.94 bits per heavy atom. The minimum atomic E-state index is -1.39. The van der Waals surface area contributed by atoms with Gasteiger partial charge in [-0.15, -0.1) is 0 Å². The van der Waals surface area contributed by atoms with E-state index in [1.54, 1.807) is 24.3 Å². The van der Waals surface area contributed by atoms with Gasteiger partial charge in [0.1, 0.15) is 0 Å². The maximum Gasteiger partial charge on any atom is 0.373 e. The Morgan fingerprint density at radius 3 is 2.44 bits per heavy atom. The molecular weight excluding hydrogens is 208 g/mol. The number of aliphatic carboxylic acids is 1. The molecule has 84 valence electrons. The lowest BCUT2D eigenvalue weighted by Gasteiger charge is -2.23. The summed E-state index contributed by atoms with van der Waals surface area (Å²) >= 11 is 0. The summed E-state index contributed by atoms with van der Waals surface area (Å²) in [5.41, 5.74) is -0.271. The summed E-state index contributed by atoms with van der Waals surface area (Å²) in [5.74, 6) is -2.18. The van der Waals surface area contributed by atoms with Crippen LogP contribution in [0, 0.1) is 0 Å². The number of ether oxygens (including phenoxy) is 1. The van der Waals surface area contributed by atoms with Gasteiger partial charge >= 0.3 is 5.97 Å². The second-order valence-corrected chi connectivity index (χ2v) is 3.88. The number of rotatable bonds is 3. The number of carbonyl (C=O) groups is 2. The molecule has 1 fully saturated rings. The first kappa shape index (κ1) is 10.8. The molecule has 1 aliphatic heterocycles. The summed E-state index contributed by atoms with van der Waals surface area (Å²) in [5, 5.41) is 8.86. The molecule has 1 heterocycles. The highest BCUT2D eigenvalue weighted by molar-refractivity contribution is 6.36. The lowest BCUT2D eigenvalue weighted by Crippen LogP contribution is -2.41. The van der Waals surface area contributed by atoms with E-state index in [9.17, 15) is 9.59 Å². The minimum absolute atomic E-state index is 0.155. The normalized spacial score (nSPS) is 24.2. The number of ketones is 1. The first-order chi connectivity index (χ1) is 7.67. The number of hydrogen-bond donors (Lipinski definition) is 1. The molecular formula is C12H12O4. The van der Waals surface area contributed by atoms with E-state index in [4.69, 9.17) is 9.84 Å². The summed E-state index contributed by atoms with van der Waals surface area (Å²) in [6.07, 6.45) is 0.433. The SMILES string of the molecule is O=C(O)C(=O)C1(c2ccccc2)CCOC1. The zero-order valence-electron chi connectivity index (χ0n) is 8.68. The van der Waals surface area contributed by atoms with Crippen molar-refractivity contribution in [2.24, 2.45) is 0 Å². The van der Waals surface area contributed by atoms with Crippen LogP contribution in [0.25, 0.3) is 0 Å². The van der Waals surface area contributed by atoms with Crippen molar-refractivity contribution in [3.63, 3.8) is 0 Å². The summed E-state index contributed by atoms with van der Waals surface area (Å²) in [6.45, 7) is 0.579. The highest BCUT2D eigenvalue weighted by Gasteiger charge is 2.46. The zero-order valence-corrected chi connectivity index (χ0v) is 8.68. The molecule has 1 aromatic carbocycles. The summed E-state index contributed by atoms with van der Waals surface area (Å²) in [6, 6.07) is 8.97. The molecule has 1 saturated heterocycles. The maximum absolute atomic E-state index is 11.8. The molecule has 1 unspecified atom stereocenters. The second-order valence-electron chi connectivity index (χ2n) is 3.88. The van der Waals surface area contributed by atoms with Crippen LogP contribution in [0.4, 0.5) is 0 Å². The van der Waals surface area contributed by atoms with Crippen molar-refractivity contribution in [3.05, 3.63) is 35.9 Å². The van der Waals surface area contributed by atoms with Gasteiger partial charge in [0.15, 0.2) is 0 Å². The van der Waals surface area contributed by atoms with Gasteiger partial charge in [-0.1, -0.05) is 30.3 Å². The highest BCUT2D eigenvalue weighted by atomic mass is 16.5. The van der Waals surface area contributed by atoms with E-state index in [0.717, 1.165) is 5.56 Å². The Kier molecular flexibility index (Phi) is 2.75. The lowest BCUT2D eigenvalue weighted by molar-refractivity contribution is -0.152. The molecule has 1 aromatic rings. The largest absolute Gasteiger partial charge is 0.475 e. The third kappa shape index (κ3) is 1.61. The molecule has 4 heteroatoms. The number of carboxylic acids is 1. The first-order valence-electron chi connectivity index (χ1n) is 5.08. The van der Waals surface area contributed by atoms with Gasteiger partial charge in [0.25, 0.3) is 5.78 Å². The molecule has 0 spiro atoms. The number of Topliss-reactive ketones (excluding diaryl/α,β-unsaturated/α-hetero) is 1. The fourth-order valence-corrected chi connectivity index (χ4v) is 2.06. The third-order valence-electron chi connectivity index (χ3n) is 2.98. The monoisotopic (exact) mass is 220 g/mol. The Hall–Kier alpha value is -1.68. The zero-order chi connectivity index (χ0) is 11.6. The van der Waals surface area contributed by atoms with Gasteiger partial charge in [-0.3, -0.25) is 4.79 Å². The lowest BCUT2D eigenvalue weighted by atomic mass is 9.76. The van der Waals surface area contributed by atoms with Gasteiger partial charge in [-0.2, -0.15) is 0 Å². The first-order valence-corrected chi connectivity index (χ1v) is 5.08. The highest BCUT2D eigenvalue weighted by Crippen LogP contribution is 2.34. The van der Waals surface area contributed by atoms with Gasteiger partial charge in [0.05, 0.1) is 12.0 Å². The fourth-order valence-electron chi connectivity index (χ4n) is 2.06. The topological polar surface area (TPSA) is 63.6 Å². The number of carboxylic acid groups (broad SMARTS) is 1. The average molecular weight is 220 g/mol. The van der Waals surface area contributed by atoms with Crippen LogP contribution in [0.3, 0.4) is 0 Å². The molecule has 0 bridgehead atoms. The summed E-state index contributed by atoms with van der Waals surface area (Å²) in [7, 11) is 0. The van der Waals surface area contributed by atoms with Crippen molar-refractivity contribution in [2.75, 3.05) is 13.2 Å². The Morgan fingerprint density at radius 1 is 1.25 bits per heavy atom. The molecule has 16 heavy (non-hydrogen) atoms. The number of hydrogen-bond acceptors (Lipinski definition) is 3. The Bertz CT molecular complexity index is 404. The molecule has 0 saturated carbocycles. The second kappa shape index (κ2) is 4.06. The van der Waals surface area contributed by atoms with Crippen LogP contribution < -0.4 is 0 Å². The minimum Gasteiger partial charge on any atom is -0.475 e. The fraction of sp³-hybridized carbons (Fsp3) is 0.333. The van der Waals surface area contributed by atoms with E-state index in [-0.39, 0.29) is 6.61 Å². The molecule has 1 aliphatic rings. The average Bonchev–Trinajstić information content (AvgIpc) is 2.79. The van der Waals surface area contributed by atoms with Gasteiger partial charge in [-0.25, -0.2) is 4.79 Å². The van der Waals surface area contributed by atoms with Crippen LogP contribution in [0.2, 0.25) is 0 Å². The van der Waals surface area contributed by atoms with Crippen LogP contribution in [0.15, 0.2) is 30.3 Å². The van der Waals surface area contributed by atoms with E-state index >= 15 is 0 Å². The standard InChI is InChI=1S/C12H12O4/c13-10(11(14)15)12(6-7-16-8-12)9-4-2-1-3-5-9/h1-5H,6-8H2,(H,14,15). The van der Waals surface area contributed by atoms with Crippen molar-refractivity contribution < 1.29 is 19.4 Å². The number of benzene rings is 1. The quantitative estimate of drug-likeness (QED) is 0.772. The van der Waals surface area contributed by atoms with Gasteiger partial charge in [0, 0.05) is 6.61 Å². The smallest absolute Gasteiger partial charge is 0.373 e. The van der Waals surface area contributed by atoms with Gasteiger partial charge in [-0.05, 0) is 12.0 Å².